The Hall–Kier alpha value is -1.66. The standard InChI is InChI=1S/C15H22N2O3S/c1-4-10-17(21(3,19)20)11-9-15(18)16-12-14-8-6-5-7-13(14)2/h4-8H,1,9-12H2,2-3H3,(H,16,18). The maximum Gasteiger partial charge on any atom is 0.221 e. The zero-order chi connectivity index (χ0) is 15.9. The fraction of sp³-hybridized carbons (Fsp3) is 0.400. The average molecular weight is 310 g/mol. The molecule has 0 aliphatic carbocycles. The Morgan fingerprint density at radius 2 is 2.05 bits per heavy atom. The van der Waals surface area contributed by atoms with Crippen molar-refractivity contribution in [1.29, 1.82) is 0 Å². The van der Waals surface area contributed by atoms with Crippen LogP contribution in [-0.4, -0.2) is 38.0 Å². The SMILES string of the molecule is C=CCN(CCC(=O)NCc1ccccc1C)S(C)(=O)=O. The minimum absolute atomic E-state index is 0.132. The third-order valence-electron chi connectivity index (χ3n) is 3.13. The van der Waals surface area contributed by atoms with Crippen molar-refractivity contribution < 1.29 is 13.2 Å². The molecule has 0 spiro atoms. The van der Waals surface area contributed by atoms with E-state index in [1.165, 1.54) is 10.4 Å². The summed E-state index contributed by atoms with van der Waals surface area (Å²) in [6, 6.07) is 7.80. The predicted octanol–water partition coefficient (Wildman–Crippen LogP) is 1.45. The van der Waals surface area contributed by atoms with Crippen LogP contribution < -0.4 is 5.32 Å². The van der Waals surface area contributed by atoms with Crippen molar-refractivity contribution in [3.05, 3.63) is 48.0 Å². The minimum atomic E-state index is -3.31. The van der Waals surface area contributed by atoms with Crippen LogP contribution in [-0.2, 0) is 21.4 Å². The number of nitrogens with zero attached hydrogens (tertiary/aromatic N) is 1. The van der Waals surface area contributed by atoms with Gasteiger partial charge in [0.05, 0.1) is 6.26 Å². The van der Waals surface area contributed by atoms with E-state index in [9.17, 15) is 13.2 Å². The van der Waals surface area contributed by atoms with Crippen molar-refractivity contribution >= 4 is 15.9 Å². The Morgan fingerprint density at radius 1 is 1.38 bits per heavy atom. The molecule has 1 amide bonds. The number of amides is 1. The second kappa shape index (κ2) is 7.95. The Kier molecular flexibility index (Phi) is 6.58. The molecule has 0 unspecified atom stereocenters. The van der Waals surface area contributed by atoms with Gasteiger partial charge in [0.2, 0.25) is 15.9 Å². The molecule has 0 radical (unpaired) electrons. The monoisotopic (exact) mass is 310 g/mol. The van der Waals surface area contributed by atoms with Gasteiger partial charge in [0.25, 0.3) is 0 Å². The summed E-state index contributed by atoms with van der Waals surface area (Å²) in [6.45, 7) is 6.32. The molecule has 6 heteroatoms. The lowest BCUT2D eigenvalue weighted by Crippen LogP contribution is -2.34. The topological polar surface area (TPSA) is 66.5 Å². The number of hydrogen-bond acceptors (Lipinski definition) is 3. The molecule has 0 heterocycles. The van der Waals surface area contributed by atoms with Crippen LogP contribution in [0.25, 0.3) is 0 Å². The first-order valence-corrected chi connectivity index (χ1v) is 8.56. The number of carbonyl (C=O) groups excluding carboxylic acids is 1. The molecule has 1 aromatic rings. The van der Waals surface area contributed by atoms with E-state index in [1.807, 2.05) is 31.2 Å². The van der Waals surface area contributed by atoms with E-state index in [0.717, 1.165) is 17.4 Å². The number of aryl methyl sites for hydroxylation is 1. The van der Waals surface area contributed by atoms with Crippen molar-refractivity contribution in [1.82, 2.24) is 9.62 Å². The molecule has 21 heavy (non-hydrogen) atoms. The molecule has 0 fully saturated rings. The quantitative estimate of drug-likeness (QED) is 0.739. The second-order valence-electron chi connectivity index (χ2n) is 4.86. The normalized spacial score (nSPS) is 11.4. The van der Waals surface area contributed by atoms with Crippen LogP contribution in [0.5, 0.6) is 0 Å². The van der Waals surface area contributed by atoms with Gasteiger partial charge in [-0.05, 0) is 18.1 Å². The van der Waals surface area contributed by atoms with Crippen molar-refractivity contribution in [2.45, 2.75) is 19.9 Å². The Labute approximate surface area is 126 Å². The highest BCUT2D eigenvalue weighted by Gasteiger charge is 2.16. The van der Waals surface area contributed by atoms with Gasteiger partial charge in [-0.1, -0.05) is 30.3 Å². The summed E-state index contributed by atoms with van der Waals surface area (Å²) in [4.78, 5) is 11.8. The van der Waals surface area contributed by atoms with Crippen LogP contribution in [0, 0.1) is 6.92 Å². The molecule has 0 aromatic heterocycles. The van der Waals surface area contributed by atoms with E-state index in [-0.39, 0.29) is 25.4 Å². The van der Waals surface area contributed by atoms with Gasteiger partial charge in [0, 0.05) is 26.1 Å². The van der Waals surface area contributed by atoms with Gasteiger partial charge in [-0.15, -0.1) is 6.58 Å². The van der Waals surface area contributed by atoms with Crippen LogP contribution in [0.15, 0.2) is 36.9 Å². The maximum atomic E-state index is 11.8. The second-order valence-corrected chi connectivity index (χ2v) is 6.85. The highest BCUT2D eigenvalue weighted by atomic mass is 32.2. The van der Waals surface area contributed by atoms with Crippen LogP contribution in [0.1, 0.15) is 17.5 Å². The van der Waals surface area contributed by atoms with Gasteiger partial charge >= 0.3 is 0 Å². The van der Waals surface area contributed by atoms with Crippen LogP contribution in [0.4, 0.5) is 0 Å². The van der Waals surface area contributed by atoms with Crippen molar-refractivity contribution in [2.75, 3.05) is 19.3 Å². The summed E-state index contributed by atoms with van der Waals surface area (Å²) in [5.41, 5.74) is 2.17. The molecular weight excluding hydrogens is 288 g/mol. The largest absolute Gasteiger partial charge is 0.352 e. The number of hydrogen-bond donors (Lipinski definition) is 1. The smallest absolute Gasteiger partial charge is 0.221 e. The summed E-state index contributed by atoms with van der Waals surface area (Å²) in [5, 5.41) is 2.80. The van der Waals surface area contributed by atoms with Gasteiger partial charge in [0.1, 0.15) is 0 Å². The summed E-state index contributed by atoms with van der Waals surface area (Å²) >= 11 is 0. The van der Waals surface area contributed by atoms with Crippen molar-refractivity contribution in [3.8, 4) is 0 Å². The molecule has 5 nitrogen and oxygen atoms in total. The lowest BCUT2D eigenvalue weighted by Gasteiger charge is -2.17. The van der Waals surface area contributed by atoms with E-state index in [4.69, 9.17) is 0 Å². The molecule has 0 bridgehead atoms. The number of carbonyl (C=O) groups is 1. The molecule has 0 aliphatic rings. The molecule has 116 valence electrons. The average Bonchev–Trinajstić information content (AvgIpc) is 2.41. The first kappa shape index (κ1) is 17.4. The van der Waals surface area contributed by atoms with Gasteiger partial charge < -0.3 is 5.32 Å². The molecule has 0 aliphatic heterocycles. The summed E-state index contributed by atoms with van der Waals surface area (Å²) in [7, 11) is -3.31. The Balaban J connectivity index is 2.47. The molecule has 1 rings (SSSR count). The third-order valence-corrected chi connectivity index (χ3v) is 4.40. The van der Waals surface area contributed by atoms with Crippen molar-refractivity contribution in [3.63, 3.8) is 0 Å². The van der Waals surface area contributed by atoms with Crippen LogP contribution in [0.3, 0.4) is 0 Å². The maximum absolute atomic E-state index is 11.8. The summed E-state index contributed by atoms with van der Waals surface area (Å²) < 4.78 is 24.2. The molecular formula is C15H22N2O3S. The number of nitrogens with one attached hydrogen (secondary N) is 1. The van der Waals surface area contributed by atoms with Gasteiger partial charge in [-0.2, -0.15) is 4.31 Å². The van der Waals surface area contributed by atoms with E-state index in [1.54, 1.807) is 0 Å². The summed E-state index contributed by atoms with van der Waals surface area (Å²) in [5.74, 6) is -0.170. The molecule has 0 saturated heterocycles. The minimum Gasteiger partial charge on any atom is -0.352 e. The zero-order valence-corrected chi connectivity index (χ0v) is 13.3. The molecule has 1 aromatic carbocycles. The third kappa shape index (κ3) is 6.10. The number of benzene rings is 1. The van der Waals surface area contributed by atoms with E-state index in [2.05, 4.69) is 11.9 Å². The van der Waals surface area contributed by atoms with Crippen LogP contribution in [0.2, 0.25) is 0 Å². The number of rotatable bonds is 8. The number of sulfonamides is 1. The Bertz CT molecular complexity index is 597. The fourth-order valence-electron chi connectivity index (χ4n) is 1.85. The molecule has 1 N–H and O–H groups in total. The van der Waals surface area contributed by atoms with E-state index >= 15 is 0 Å². The zero-order valence-electron chi connectivity index (χ0n) is 12.5. The van der Waals surface area contributed by atoms with Crippen molar-refractivity contribution in [2.24, 2.45) is 0 Å². The van der Waals surface area contributed by atoms with Gasteiger partial charge in [-0.25, -0.2) is 8.42 Å². The van der Waals surface area contributed by atoms with E-state index in [0.29, 0.717) is 6.54 Å². The van der Waals surface area contributed by atoms with Gasteiger partial charge in [0.15, 0.2) is 0 Å². The highest BCUT2D eigenvalue weighted by Crippen LogP contribution is 2.06. The molecule has 0 atom stereocenters. The first-order valence-electron chi connectivity index (χ1n) is 6.72. The fourth-order valence-corrected chi connectivity index (χ4v) is 2.65. The molecule has 0 saturated carbocycles. The lowest BCUT2D eigenvalue weighted by molar-refractivity contribution is -0.121. The Morgan fingerprint density at radius 3 is 2.62 bits per heavy atom. The van der Waals surface area contributed by atoms with Gasteiger partial charge in [-0.3, -0.25) is 4.79 Å². The van der Waals surface area contributed by atoms with Crippen LogP contribution >= 0.6 is 0 Å². The summed E-state index contributed by atoms with van der Waals surface area (Å²) in [6.07, 6.45) is 2.76. The lowest BCUT2D eigenvalue weighted by atomic mass is 10.1. The highest BCUT2D eigenvalue weighted by molar-refractivity contribution is 7.88. The predicted molar refractivity (Wildman–Crippen MR) is 84.3 cm³/mol. The first-order chi connectivity index (χ1) is 9.84. The van der Waals surface area contributed by atoms with E-state index < -0.39 is 10.0 Å².